The highest BCUT2D eigenvalue weighted by Gasteiger charge is 2.66. The number of Topliss-reactive ketones (excluding diaryl/α,β-unsaturated/α-hetero) is 1. The largest absolute Gasteiger partial charge is 0.507 e. The lowest BCUT2D eigenvalue weighted by Gasteiger charge is -2.34. The first kappa shape index (κ1) is 21.7. The van der Waals surface area contributed by atoms with Gasteiger partial charge in [-0.1, -0.05) is 30.3 Å². The first-order valence-electron chi connectivity index (χ1n) is 10.2. The zero-order valence-corrected chi connectivity index (χ0v) is 18.0. The van der Waals surface area contributed by atoms with Crippen molar-refractivity contribution in [2.24, 2.45) is 0 Å². The van der Waals surface area contributed by atoms with Crippen molar-refractivity contribution in [1.29, 1.82) is 0 Å². The highest BCUT2D eigenvalue weighted by molar-refractivity contribution is 6.50. The van der Waals surface area contributed by atoms with Crippen LogP contribution in [0.3, 0.4) is 0 Å². The number of likely N-dealkylation sites (tertiary alicyclic amines) is 1. The van der Waals surface area contributed by atoms with Crippen molar-refractivity contribution in [2.45, 2.75) is 18.9 Å². The summed E-state index contributed by atoms with van der Waals surface area (Å²) < 4.78 is 19.3. The Hall–Kier alpha value is -3.52. The molecule has 2 aliphatic rings. The van der Waals surface area contributed by atoms with Crippen molar-refractivity contribution in [3.8, 4) is 0 Å². The van der Waals surface area contributed by atoms with Crippen LogP contribution in [0.4, 0.5) is 10.1 Å². The zero-order valence-electron chi connectivity index (χ0n) is 18.0. The third-order valence-corrected chi connectivity index (χ3v) is 6.11. The predicted octanol–water partition coefficient (Wildman–Crippen LogP) is 2.72. The van der Waals surface area contributed by atoms with Crippen molar-refractivity contribution in [3.63, 3.8) is 0 Å². The molecule has 2 aliphatic heterocycles. The number of aliphatic hydroxyl groups excluding tert-OH is 1. The fourth-order valence-corrected chi connectivity index (χ4v) is 4.52. The Balaban J connectivity index is 2.02. The van der Waals surface area contributed by atoms with E-state index in [4.69, 9.17) is 4.74 Å². The number of amides is 2. The molecular formula is C24H23FN2O5. The van der Waals surface area contributed by atoms with E-state index < -0.39 is 34.7 Å². The molecule has 7 nitrogen and oxygen atoms in total. The second-order valence-electron chi connectivity index (χ2n) is 7.91. The van der Waals surface area contributed by atoms with Crippen LogP contribution in [0.15, 0.2) is 48.0 Å². The van der Waals surface area contributed by atoms with Gasteiger partial charge in [0.2, 0.25) is 0 Å². The Morgan fingerprint density at radius 1 is 1.16 bits per heavy atom. The SMILES string of the molecule is COCCCN1C(=O)C(=O)/C(=C(/O)c2ccc(C)c(F)c2)C12C(=O)N(C)c1ccccc12. The summed E-state index contributed by atoms with van der Waals surface area (Å²) >= 11 is 0. The number of carbonyl (C=O) groups is 3. The molecule has 8 heteroatoms. The molecule has 0 bridgehead atoms. The molecule has 4 rings (SSSR count). The van der Waals surface area contributed by atoms with Gasteiger partial charge in [-0.3, -0.25) is 14.4 Å². The number of methoxy groups -OCH3 is 1. The normalized spacial score (nSPS) is 21.7. The molecule has 0 saturated carbocycles. The van der Waals surface area contributed by atoms with Crippen molar-refractivity contribution < 1.29 is 28.6 Å². The van der Waals surface area contributed by atoms with E-state index in [1.165, 1.54) is 29.0 Å². The van der Waals surface area contributed by atoms with E-state index in [2.05, 4.69) is 0 Å². The van der Waals surface area contributed by atoms with Gasteiger partial charge in [0.15, 0.2) is 5.54 Å². The fourth-order valence-electron chi connectivity index (χ4n) is 4.52. The van der Waals surface area contributed by atoms with Gasteiger partial charge in [0.1, 0.15) is 11.6 Å². The molecule has 0 aliphatic carbocycles. The Morgan fingerprint density at radius 2 is 1.88 bits per heavy atom. The number of anilines is 1. The number of aliphatic hydroxyl groups is 1. The van der Waals surface area contributed by atoms with Crippen molar-refractivity contribution >= 4 is 29.0 Å². The smallest absolute Gasteiger partial charge is 0.296 e. The maximum atomic E-state index is 14.2. The van der Waals surface area contributed by atoms with E-state index in [9.17, 15) is 23.9 Å². The number of fused-ring (bicyclic) bond motifs is 2. The number of aryl methyl sites for hydroxylation is 1. The van der Waals surface area contributed by atoms with Crippen LogP contribution in [0.2, 0.25) is 0 Å². The molecule has 1 atom stereocenters. The van der Waals surface area contributed by atoms with Crippen LogP contribution in [0.1, 0.15) is 23.1 Å². The number of ketones is 1. The van der Waals surface area contributed by atoms with Crippen molar-refractivity contribution in [2.75, 3.05) is 32.2 Å². The van der Waals surface area contributed by atoms with E-state index in [-0.39, 0.29) is 17.7 Å². The quantitative estimate of drug-likeness (QED) is 0.336. The van der Waals surface area contributed by atoms with Gasteiger partial charge in [0, 0.05) is 44.1 Å². The number of nitrogens with zero attached hydrogens (tertiary/aromatic N) is 2. The summed E-state index contributed by atoms with van der Waals surface area (Å²) in [5.41, 5.74) is -0.876. The lowest BCUT2D eigenvalue weighted by atomic mass is 9.81. The molecule has 2 aromatic rings. The van der Waals surface area contributed by atoms with Gasteiger partial charge < -0.3 is 19.6 Å². The van der Waals surface area contributed by atoms with Gasteiger partial charge in [-0.15, -0.1) is 0 Å². The molecule has 1 saturated heterocycles. The lowest BCUT2D eigenvalue weighted by molar-refractivity contribution is -0.143. The minimum atomic E-state index is -1.83. The molecule has 1 spiro atoms. The van der Waals surface area contributed by atoms with Gasteiger partial charge in [0.05, 0.1) is 5.57 Å². The third kappa shape index (κ3) is 2.86. The highest BCUT2D eigenvalue weighted by Crippen LogP contribution is 2.53. The topological polar surface area (TPSA) is 87.1 Å². The number of hydrogen-bond acceptors (Lipinski definition) is 5. The summed E-state index contributed by atoms with van der Waals surface area (Å²) in [6.07, 6.45) is 0.379. The number of halogens is 1. The molecule has 2 amide bonds. The molecule has 0 radical (unpaired) electrons. The summed E-state index contributed by atoms with van der Waals surface area (Å²) in [5, 5.41) is 11.2. The second-order valence-corrected chi connectivity index (χ2v) is 7.91. The van der Waals surface area contributed by atoms with Crippen LogP contribution in [0, 0.1) is 12.7 Å². The average molecular weight is 438 g/mol. The Morgan fingerprint density at radius 3 is 2.56 bits per heavy atom. The van der Waals surface area contributed by atoms with Crippen LogP contribution in [-0.4, -0.2) is 54.9 Å². The minimum absolute atomic E-state index is 0.0159. The van der Waals surface area contributed by atoms with Crippen LogP contribution < -0.4 is 4.90 Å². The summed E-state index contributed by atoms with van der Waals surface area (Å²) in [7, 11) is 3.07. The van der Waals surface area contributed by atoms with Gasteiger partial charge in [-0.25, -0.2) is 4.39 Å². The molecular weight excluding hydrogens is 415 g/mol. The van der Waals surface area contributed by atoms with Gasteiger partial charge in [-0.2, -0.15) is 0 Å². The Labute approximate surface area is 184 Å². The molecule has 1 unspecified atom stereocenters. The van der Waals surface area contributed by atoms with Gasteiger partial charge in [0.25, 0.3) is 17.6 Å². The number of para-hydroxylation sites is 1. The second kappa shape index (κ2) is 7.87. The number of benzene rings is 2. The Kier molecular flexibility index (Phi) is 5.34. The van der Waals surface area contributed by atoms with Crippen LogP contribution in [0.25, 0.3) is 5.76 Å². The third-order valence-electron chi connectivity index (χ3n) is 6.11. The zero-order chi connectivity index (χ0) is 23.2. The number of rotatable bonds is 5. The average Bonchev–Trinajstić information content (AvgIpc) is 3.14. The molecule has 1 N–H and O–H groups in total. The van der Waals surface area contributed by atoms with E-state index in [0.717, 1.165) is 6.07 Å². The molecule has 0 aromatic heterocycles. The monoisotopic (exact) mass is 438 g/mol. The van der Waals surface area contributed by atoms with Crippen LogP contribution >= 0.6 is 0 Å². The fraction of sp³-hybridized carbons (Fsp3) is 0.292. The molecule has 2 heterocycles. The molecule has 166 valence electrons. The molecule has 1 fully saturated rings. The van der Waals surface area contributed by atoms with E-state index in [1.807, 2.05) is 0 Å². The minimum Gasteiger partial charge on any atom is -0.507 e. The summed E-state index contributed by atoms with van der Waals surface area (Å²) in [4.78, 5) is 42.7. The summed E-state index contributed by atoms with van der Waals surface area (Å²) in [5.74, 6) is -3.58. The lowest BCUT2D eigenvalue weighted by Crippen LogP contribution is -2.51. The predicted molar refractivity (Wildman–Crippen MR) is 115 cm³/mol. The van der Waals surface area contributed by atoms with Crippen LogP contribution in [0.5, 0.6) is 0 Å². The summed E-state index contributed by atoms with van der Waals surface area (Å²) in [6, 6.07) is 10.8. The number of ether oxygens (including phenoxy) is 1. The highest BCUT2D eigenvalue weighted by atomic mass is 19.1. The van der Waals surface area contributed by atoms with Crippen LogP contribution in [-0.2, 0) is 24.7 Å². The molecule has 32 heavy (non-hydrogen) atoms. The first-order valence-corrected chi connectivity index (χ1v) is 10.2. The Bertz CT molecular complexity index is 1170. The van der Waals surface area contributed by atoms with E-state index >= 15 is 0 Å². The van der Waals surface area contributed by atoms with E-state index in [1.54, 1.807) is 38.2 Å². The van der Waals surface area contributed by atoms with Gasteiger partial charge in [-0.05, 0) is 31.0 Å². The molecule has 2 aromatic carbocycles. The van der Waals surface area contributed by atoms with Crippen molar-refractivity contribution in [3.05, 3.63) is 70.5 Å². The number of carbonyl (C=O) groups excluding carboxylic acids is 3. The summed E-state index contributed by atoms with van der Waals surface area (Å²) in [6.45, 7) is 1.94. The van der Waals surface area contributed by atoms with Gasteiger partial charge >= 0.3 is 0 Å². The maximum Gasteiger partial charge on any atom is 0.296 e. The standard InChI is InChI=1S/C24H23FN2O5/c1-14-9-10-15(13-17(14)25)20(28)19-21(29)22(30)27(11-6-12-32-3)24(19)16-7-4-5-8-18(16)26(2)23(24)31/h4-5,7-10,13,28H,6,11-12H2,1-3H3/b20-19-. The van der Waals surface area contributed by atoms with Crippen molar-refractivity contribution in [1.82, 2.24) is 4.90 Å². The maximum absolute atomic E-state index is 14.2. The number of hydrogen-bond donors (Lipinski definition) is 1. The first-order chi connectivity index (χ1) is 15.3. The van der Waals surface area contributed by atoms with E-state index in [0.29, 0.717) is 29.8 Å². The number of likely N-dealkylation sites (N-methyl/N-ethyl adjacent to an activating group) is 1.